The first kappa shape index (κ1) is 16.3. The monoisotopic (exact) mass is 280 g/mol. The van der Waals surface area contributed by atoms with E-state index in [9.17, 15) is 4.79 Å². The molecule has 0 saturated heterocycles. The van der Waals surface area contributed by atoms with Crippen molar-refractivity contribution < 1.29 is 14.6 Å². The topological polar surface area (TPSA) is 75.8 Å². The Bertz CT molecular complexity index is 450. The summed E-state index contributed by atoms with van der Waals surface area (Å²) in [6.07, 6.45) is 0. The first-order valence-electron chi connectivity index (χ1n) is 6.84. The first-order valence-corrected chi connectivity index (χ1v) is 6.84. The van der Waals surface area contributed by atoms with Crippen molar-refractivity contribution >= 4 is 11.7 Å². The number of anilines is 1. The molecule has 1 aromatic carbocycles. The number of carboxylic acid groups (broad SMARTS) is 1. The average Bonchev–Trinajstić information content (AvgIpc) is 2.34. The van der Waals surface area contributed by atoms with Crippen LogP contribution in [0.25, 0.3) is 0 Å². The summed E-state index contributed by atoms with van der Waals surface area (Å²) in [6.45, 7) is 9.92. The molecule has 0 aliphatic carbocycles. The van der Waals surface area contributed by atoms with E-state index in [0.29, 0.717) is 30.1 Å². The molecule has 112 valence electrons. The van der Waals surface area contributed by atoms with E-state index in [4.69, 9.17) is 15.6 Å². The molecule has 0 bridgehead atoms. The SMILES string of the molecule is CC(C)N(CCOc1ccc(C(=O)O)cc1N)C(C)C. The second-order valence-corrected chi connectivity index (χ2v) is 5.33. The molecule has 1 rings (SSSR count). The van der Waals surface area contributed by atoms with E-state index >= 15 is 0 Å². The van der Waals surface area contributed by atoms with Crippen LogP contribution in [0.1, 0.15) is 38.1 Å². The molecule has 0 aliphatic rings. The minimum Gasteiger partial charge on any atom is -0.490 e. The summed E-state index contributed by atoms with van der Waals surface area (Å²) in [4.78, 5) is 13.1. The quantitative estimate of drug-likeness (QED) is 0.750. The summed E-state index contributed by atoms with van der Waals surface area (Å²) >= 11 is 0. The molecule has 20 heavy (non-hydrogen) atoms. The minimum absolute atomic E-state index is 0.167. The molecule has 0 saturated carbocycles. The number of ether oxygens (including phenoxy) is 1. The van der Waals surface area contributed by atoms with Gasteiger partial charge in [-0.3, -0.25) is 4.90 Å². The molecule has 0 atom stereocenters. The van der Waals surface area contributed by atoms with E-state index in [2.05, 4.69) is 32.6 Å². The lowest BCUT2D eigenvalue weighted by Crippen LogP contribution is -2.39. The third kappa shape index (κ3) is 4.42. The molecule has 3 N–H and O–H groups in total. The van der Waals surface area contributed by atoms with E-state index in [-0.39, 0.29) is 5.56 Å². The van der Waals surface area contributed by atoms with E-state index in [0.717, 1.165) is 6.54 Å². The third-order valence-corrected chi connectivity index (χ3v) is 3.19. The number of hydrogen-bond acceptors (Lipinski definition) is 4. The Hall–Kier alpha value is -1.75. The fourth-order valence-corrected chi connectivity index (χ4v) is 2.19. The van der Waals surface area contributed by atoms with Gasteiger partial charge in [0.25, 0.3) is 0 Å². The molecule has 0 aromatic heterocycles. The highest BCUT2D eigenvalue weighted by Crippen LogP contribution is 2.22. The van der Waals surface area contributed by atoms with Crippen molar-refractivity contribution in [2.75, 3.05) is 18.9 Å². The standard InChI is InChI=1S/C15H24N2O3/c1-10(2)17(11(3)4)7-8-20-14-6-5-12(15(18)19)9-13(14)16/h5-6,9-11H,7-8,16H2,1-4H3,(H,18,19). The van der Waals surface area contributed by atoms with Gasteiger partial charge in [0.1, 0.15) is 12.4 Å². The summed E-state index contributed by atoms with van der Waals surface area (Å²) in [5, 5.41) is 8.87. The Kier molecular flexibility index (Phi) is 5.82. The molecule has 0 heterocycles. The van der Waals surface area contributed by atoms with Crippen LogP contribution < -0.4 is 10.5 Å². The second-order valence-electron chi connectivity index (χ2n) is 5.33. The van der Waals surface area contributed by atoms with Crippen LogP contribution in [-0.2, 0) is 0 Å². The molecule has 0 aliphatic heterocycles. The summed E-state index contributed by atoms with van der Waals surface area (Å²) in [5.41, 5.74) is 6.31. The lowest BCUT2D eigenvalue weighted by Gasteiger charge is -2.30. The highest BCUT2D eigenvalue weighted by atomic mass is 16.5. The lowest BCUT2D eigenvalue weighted by atomic mass is 10.2. The fourth-order valence-electron chi connectivity index (χ4n) is 2.19. The molecule has 0 unspecified atom stereocenters. The molecular weight excluding hydrogens is 256 g/mol. The molecular formula is C15H24N2O3. The van der Waals surface area contributed by atoms with E-state index in [1.807, 2.05) is 0 Å². The Morgan fingerprint density at radius 3 is 2.35 bits per heavy atom. The molecule has 5 nitrogen and oxygen atoms in total. The highest BCUT2D eigenvalue weighted by molar-refractivity contribution is 5.89. The molecule has 0 spiro atoms. The van der Waals surface area contributed by atoms with Gasteiger partial charge in [-0.2, -0.15) is 0 Å². The molecule has 5 heteroatoms. The number of nitrogen functional groups attached to an aromatic ring is 1. The van der Waals surface area contributed by atoms with Gasteiger partial charge in [0.15, 0.2) is 0 Å². The van der Waals surface area contributed by atoms with Crippen molar-refractivity contribution in [1.29, 1.82) is 0 Å². The first-order chi connectivity index (χ1) is 9.32. The molecule has 0 amide bonds. The second kappa shape index (κ2) is 7.14. The molecule has 1 aromatic rings. The van der Waals surface area contributed by atoms with Gasteiger partial charge in [-0.1, -0.05) is 0 Å². The number of hydrogen-bond donors (Lipinski definition) is 2. The lowest BCUT2D eigenvalue weighted by molar-refractivity contribution is 0.0697. The smallest absolute Gasteiger partial charge is 0.335 e. The van der Waals surface area contributed by atoms with Gasteiger partial charge in [0.2, 0.25) is 0 Å². The van der Waals surface area contributed by atoms with Crippen LogP contribution in [-0.4, -0.2) is 41.2 Å². The number of carbonyl (C=O) groups is 1. The van der Waals surface area contributed by atoms with Gasteiger partial charge in [-0.25, -0.2) is 4.79 Å². The number of carboxylic acids is 1. The minimum atomic E-state index is -0.992. The zero-order chi connectivity index (χ0) is 15.3. The van der Waals surface area contributed by atoms with Crippen LogP contribution in [0.2, 0.25) is 0 Å². The number of rotatable bonds is 7. The number of benzene rings is 1. The van der Waals surface area contributed by atoms with Crippen LogP contribution in [0.15, 0.2) is 18.2 Å². The van der Waals surface area contributed by atoms with Crippen LogP contribution in [0.3, 0.4) is 0 Å². The predicted molar refractivity (Wildman–Crippen MR) is 80.3 cm³/mol. The van der Waals surface area contributed by atoms with Gasteiger partial charge in [0, 0.05) is 18.6 Å². The van der Waals surface area contributed by atoms with Crippen LogP contribution in [0.5, 0.6) is 5.75 Å². The molecule has 0 fully saturated rings. The molecule has 0 radical (unpaired) electrons. The fraction of sp³-hybridized carbons (Fsp3) is 0.533. The van der Waals surface area contributed by atoms with Crippen molar-refractivity contribution in [2.24, 2.45) is 0 Å². The van der Waals surface area contributed by atoms with E-state index < -0.39 is 5.97 Å². The van der Waals surface area contributed by atoms with Gasteiger partial charge < -0.3 is 15.6 Å². The maximum Gasteiger partial charge on any atom is 0.335 e. The van der Waals surface area contributed by atoms with Gasteiger partial charge in [-0.05, 0) is 45.9 Å². The van der Waals surface area contributed by atoms with E-state index in [1.165, 1.54) is 12.1 Å². The number of nitrogens with zero attached hydrogens (tertiary/aromatic N) is 1. The highest BCUT2D eigenvalue weighted by Gasteiger charge is 2.13. The maximum atomic E-state index is 10.8. The van der Waals surface area contributed by atoms with Crippen molar-refractivity contribution in [1.82, 2.24) is 4.90 Å². The van der Waals surface area contributed by atoms with Crippen molar-refractivity contribution in [2.45, 2.75) is 39.8 Å². The number of aromatic carboxylic acids is 1. The maximum absolute atomic E-state index is 10.8. The van der Waals surface area contributed by atoms with E-state index in [1.54, 1.807) is 6.07 Å². The summed E-state index contributed by atoms with van der Waals surface area (Å²) in [5.74, 6) is -0.462. The summed E-state index contributed by atoms with van der Waals surface area (Å²) in [7, 11) is 0. The Labute approximate surface area is 120 Å². The summed E-state index contributed by atoms with van der Waals surface area (Å²) in [6, 6.07) is 5.42. The Balaban J connectivity index is 2.60. The summed E-state index contributed by atoms with van der Waals surface area (Å²) < 4.78 is 5.64. The van der Waals surface area contributed by atoms with Crippen LogP contribution >= 0.6 is 0 Å². The van der Waals surface area contributed by atoms with Crippen molar-refractivity contribution in [3.8, 4) is 5.75 Å². The largest absolute Gasteiger partial charge is 0.490 e. The number of nitrogens with two attached hydrogens (primary N) is 1. The van der Waals surface area contributed by atoms with Crippen LogP contribution in [0.4, 0.5) is 5.69 Å². The predicted octanol–water partition coefficient (Wildman–Crippen LogP) is 2.46. The Morgan fingerprint density at radius 2 is 1.90 bits per heavy atom. The van der Waals surface area contributed by atoms with Gasteiger partial charge >= 0.3 is 5.97 Å². The third-order valence-electron chi connectivity index (χ3n) is 3.19. The average molecular weight is 280 g/mol. The zero-order valence-electron chi connectivity index (χ0n) is 12.6. The Morgan fingerprint density at radius 1 is 1.30 bits per heavy atom. The zero-order valence-corrected chi connectivity index (χ0v) is 12.6. The van der Waals surface area contributed by atoms with Gasteiger partial charge in [-0.15, -0.1) is 0 Å². The van der Waals surface area contributed by atoms with Crippen molar-refractivity contribution in [3.05, 3.63) is 23.8 Å². The normalized spacial score (nSPS) is 11.3. The van der Waals surface area contributed by atoms with Crippen molar-refractivity contribution in [3.63, 3.8) is 0 Å². The van der Waals surface area contributed by atoms with Crippen LogP contribution in [0, 0.1) is 0 Å². The van der Waals surface area contributed by atoms with Gasteiger partial charge in [0.05, 0.1) is 11.3 Å².